The van der Waals surface area contributed by atoms with E-state index < -0.39 is 0 Å². The second-order valence-electron chi connectivity index (χ2n) is 5.00. The normalized spacial score (nSPS) is 13.7. The number of urea groups is 1. The Morgan fingerprint density at radius 3 is 2.95 bits per heavy atom. The summed E-state index contributed by atoms with van der Waals surface area (Å²) in [6.45, 7) is 3.47. The number of amides is 2. The minimum atomic E-state index is -0.166. The molecule has 0 unspecified atom stereocenters. The van der Waals surface area contributed by atoms with Gasteiger partial charge in [-0.15, -0.1) is 0 Å². The van der Waals surface area contributed by atoms with Crippen molar-refractivity contribution in [2.75, 3.05) is 23.9 Å². The summed E-state index contributed by atoms with van der Waals surface area (Å²) < 4.78 is 7.13. The Balaban J connectivity index is 1.83. The first kappa shape index (κ1) is 13.5. The maximum Gasteiger partial charge on any atom is 0.327 e. The lowest BCUT2D eigenvalue weighted by Gasteiger charge is -2.27. The van der Waals surface area contributed by atoms with E-state index in [0.717, 1.165) is 24.5 Å². The molecule has 0 bridgehead atoms. The number of nitrogens with one attached hydrogen (secondary N) is 1. The first-order chi connectivity index (χ1) is 10.2. The number of fused-ring (bicyclic) bond motifs is 1. The molecule has 21 heavy (non-hydrogen) atoms. The van der Waals surface area contributed by atoms with Crippen LogP contribution in [0.2, 0.25) is 0 Å². The summed E-state index contributed by atoms with van der Waals surface area (Å²) >= 11 is 0. The fourth-order valence-corrected chi connectivity index (χ4v) is 2.54. The van der Waals surface area contributed by atoms with Gasteiger partial charge < -0.3 is 10.1 Å². The zero-order chi connectivity index (χ0) is 14.8. The molecule has 2 amide bonds. The number of carbonyl (C=O) groups is 1. The number of nitrogens with zero attached hydrogens (tertiary/aromatic N) is 3. The molecule has 2 heterocycles. The Hall–Kier alpha value is -2.50. The lowest BCUT2D eigenvalue weighted by Crippen LogP contribution is -2.40. The van der Waals surface area contributed by atoms with Crippen molar-refractivity contribution in [1.29, 1.82) is 0 Å². The summed E-state index contributed by atoms with van der Waals surface area (Å²) in [5.41, 5.74) is 1.58. The highest BCUT2D eigenvalue weighted by molar-refractivity contribution is 6.02. The van der Waals surface area contributed by atoms with E-state index in [1.807, 2.05) is 41.9 Å². The van der Waals surface area contributed by atoms with Crippen molar-refractivity contribution in [3.8, 4) is 5.75 Å². The first-order valence-electron chi connectivity index (χ1n) is 6.95. The van der Waals surface area contributed by atoms with Crippen molar-refractivity contribution < 1.29 is 9.53 Å². The lowest BCUT2D eigenvalue weighted by atomic mass is 10.3. The summed E-state index contributed by atoms with van der Waals surface area (Å²) in [5.74, 6) is 1.48. The van der Waals surface area contributed by atoms with E-state index in [1.54, 1.807) is 12.0 Å². The molecule has 1 aromatic heterocycles. The second kappa shape index (κ2) is 5.47. The summed E-state index contributed by atoms with van der Waals surface area (Å²) in [6.07, 6.45) is 0.896. The molecule has 0 spiro atoms. The molecule has 3 rings (SSSR count). The predicted octanol–water partition coefficient (Wildman–Crippen LogP) is 2.64. The molecule has 1 aliphatic rings. The maximum atomic E-state index is 12.5. The molecule has 1 aromatic carbocycles. The summed E-state index contributed by atoms with van der Waals surface area (Å²) in [4.78, 5) is 14.2. The van der Waals surface area contributed by atoms with Crippen molar-refractivity contribution in [3.05, 3.63) is 36.0 Å². The van der Waals surface area contributed by atoms with E-state index in [0.29, 0.717) is 18.0 Å². The molecule has 0 aliphatic carbocycles. The molecule has 6 nitrogen and oxygen atoms in total. The Morgan fingerprint density at radius 2 is 2.14 bits per heavy atom. The molecule has 6 heteroatoms. The zero-order valence-electron chi connectivity index (χ0n) is 12.2. The second-order valence-corrected chi connectivity index (χ2v) is 5.00. The molecular formula is C15H18N4O2. The van der Waals surface area contributed by atoms with E-state index in [-0.39, 0.29) is 6.03 Å². The summed E-state index contributed by atoms with van der Waals surface area (Å²) in [5, 5.41) is 7.30. The van der Waals surface area contributed by atoms with Crippen molar-refractivity contribution in [1.82, 2.24) is 9.78 Å². The van der Waals surface area contributed by atoms with Crippen molar-refractivity contribution in [2.45, 2.75) is 19.9 Å². The SMILES string of the molecule is COc1ccccc1NC(=O)N1CCCn2nc(C)cc21. The van der Waals surface area contributed by atoms with Crippen LogP contribution in [0.5, 0.6) is 5.75 Å². The van der Waals surface area contributed by atoms with Gasteiger partial charge in [-0.05, 0) is 25.5 Å². The van der Waals surface area contributed by atoms with Crippen LogP contribution in [-0.4, -0.2) is 29.5 Å². The Kier molecular flexibility index (Phi) is 3.51. The summed E-state index contributed by atoms with van der Waals surface area (Å²) in [6, 6.07) is 9.14. The number of methoxy groups -OCH3 is 1. The highest BCUT2D eigenvalue weighted by Gasteiger charge is 2.24. The third-order valence-electron chi connectivity index (χ3n) is 3.50. The molecule has 0 atom stereocenters. The van der Waals surface area contributed by atoms with Crippen LogP contribution in [0.3, 0.4) is 0 Å². The summed E-state index contributed by atoms with van der Waals surface area (Å²) in [7, 11) is 1.59. The van der Waals surface area contributed by atoms with Crippen LogP contribution >= 0.6 is 0 Å². The van der Waals surface area contributed by atoms with Crippen LogP contribution in [0, 0.1) is 6.92 Å². The van der Waals surface area contributed by atoms with Gasteiger partial charge in [-0.1, -0.05) is 12.1 Å². The standard InChI is InChI=1S/C15H18N4O2/c1-11-10-14-18(8-5-9-19(14)17-11)15(20)16-12-6-3-4-7-13(12)21-2/h3-4,6-7,10H,5,8-9H2,1-2H3,(H,16,20). The Bertz CT molecular complexity index is 665. The van der Waals surface area contributed by atoms with E-state index in [9.17, 15) is 4.79 Å². The third kappa shape index (κ3) is 2.56. The van der Waals surface area contributed by atoms with E-state index in [1.165, 1.54) is 0 Å². The monoisotopic (exact) mass is 286 g/mol. The molecular weight excluding hydrogens is 268 g/mol. The van der Waals surface area contributed by atoms with Crippen molar-refractivity contribution >= 4 is 17.5 Å². The number of hydrogen-bond donors (Lipinski definition) is 1. The molecule has 0 saturated carbocycles. The van der Waals surface area contributed by atoms with Crippen LogP contribution in [0.4, 0.5) is 16.3 Å². The van der Waals surface area contributed by atoms with Crippen LogP contribution in [-0.2, 0) is 6.54 Å². The maximum absolute atomic E-state index is 12.5. The average Bonchev–Trinajstić information content (AvgIpc) is 2.87. The van der Waals surface area contributed by atoms with Crippen molar-refractivity contribution in [2.24, 2.45) is 0 Å². The highest BCUT2D eigenvalue weighted by Crippen LogP contribution is 2.26. The Labute approximate surface area is 123 Å². The highest BCUT2D eigenvalue weighted by atomic mass is 16.5. The molecule has 1 aliphatic heterocycles. The van der Waals surface area contributed by atoms with Gasteiger partial charge in [0.25, 0.3) is 0 Å². The molecule has 0 radical (unpaired) electrons. The number of benzene rings is 1. The first-order valence-corrected chi connectivity index (χ1v) is 6.95. The average molecular weight is 286 g/mol. The van der Waals surface area contributed by atoms with Crippen LogP contribution < -0.4 is 15.0 Å². The largest absolute Gasteiger partial charge is 0.495 e. The quantitative estimate of drug-likeness (QED) is 0.923. The minimum Gasteiger partial charge on any atom is -0.495 e. The van der Waals surface area contributed by atoms with Gasteiger partial charge in [0.1, 0.15) is 11.6 Å². The van der Waals surface area contributed by atoms with E-state index in [2.05, 4.69) is 10.4 Å². The number of anilines is 2. The van der Waals surface area contributed by atoms with Gasteiger partial charge in [0.2, 0.25) is 0 Å². The number of aromatic nitrogens is 2. The topological polar surface area (TPSA) is 59.4 Å². The molecule has 110 valence electrons. The Morgan fingerprint density at radius 1 is 1.33 bits per heavy atom. The number of rotatable bonds is 2. The third-order valence-corrected chi connectivity index (χ3v) is 3.50. The predicted molar refractivity (Wildman–Crippen MR) is 80.9 cm³/mol. The number of para-hydroxylation sites is 2. The van der Waals surface area contributed by atoms with E-state index in [4.69, 9.17) is 4.74 Å². The van der Waals surface area contributed by atoms with Crippen LogP contribution in [0.1, 0.15) is 12.1 Å². The minimum absolute atomic E-state index is 0.166. The van der Waals surface area contributed by atoms with Gasteiger partial charge in [0.05, 0.1) is 18.5 Å². The van der Waals surface area contributed by atoms with Gasteiger partial charge in [0, 0.05) is 19.2 Å². The van der Waals surface area contributed by atoms with Crippen LogP contribution in [0.25, 0.3) is 0 Å². The van der Waals surface area contributed by atoms with Crippen molar-refractivity contribution in [3.63, 3.8) is 0 Å². The van der Waals surface area contributed by atoms with E-state index >= 15 is 0 Å². The fraction of sp³-hybridized carbons (Fsp3) is 0.333. The number of hydrogen-bond acceptors (Lipinski definition) is 3. The number of carbonyl (C=O) groups excluding carboxylic acids is 1. The van der Waals surface area contributed by atoms with Crippen LogP contribution in [0.15, 0.2) is 30.3 Å². The van der Waals surface area contributed by atoms with Gasteiger partial charge in [-0.3, -0.25) is 4.90 Å². The lowest BCUT2D eigenvalue weighted by molar-refractivity contribution is 0.255. The smallest absolute Gasteiger partial charge is 0.327 e. The van der Waals surface area contributed by atoms with Gasteiger partial charge in [-0.25, -0.2) is 9.48 Å². The molecule has 1 N–H and O–H groups in total. The number of ether oxygens (including phenoxy) is 1. The molecule has 0 fully saturated rings. The van der Waals surface area contributed by atoms with Gasteiger partial charge >= 0.3 is 6.03 Å². The fourth-order valence-electron chi connectivity index (χ4n) is 2.54. The molecule has 0 saturated heterocycles. The van der Waals surface area contributed by atoms with Gasteiger partial charge in [-0.2, -0.15) is 5.10 Å². The number of aryl methyl sites for hydroxylation is 2. The molecule has 2 aromatic rings. The van der Waals surface area contributed by atoms with Gasteiger partial charge in [0.15, 0.2) is 0 Å². The zero-order valence-corrected chi connectivity index (χ0v) is 12.2.